The van der Waals surface area contributed by atoms with Crippen molar-refractivity contribution in [1.82, 2.24) is 5.16 Å². The lowest BCUT2D eigenvalue weighted by molar-refractivity contribution is 0.436. The summed E-state index contributed by atoms with van der Waals surface area (Å²) in [6.07, 6.45) is 1.14. The molecule has 96 valence electrons. The van der Waals surface area contributed by atoms with E-state index < -0.39 is 10.0 Å². The Hall–Kier alpha value is -2.02. The zero-order chi connectivity index (χ0) is 13.3. The summed E-state index contributed by atoms with van der Waals surface area (Å²) in [6.45, 7) is 0. The average Bonchev–Trinajstić information content (AvgIpc) is 2.73. The molecular formula is C11H13N3O3S. The van der Waals surface area contributed by atoms with Crippen LogP contribution in [-0.4, -0.2) is 26.9 Å². The first-order chi connectivity index (χ1) is 8.39. The maximum Gasteiger partial charge on any atom is 0.232 e. The lowest BCUT2D eigenvalue weighted by Gasteiger charge is -2.18. The van der Waals surface area contributed by atoms with Gasteiger partial charge in [-0.3, -0.25) is 4.31 Å². The van der Waals surface area contributed by atoms with Gasteiger partial charge >= 0.3 is 0 Å². The van der Waals surface area contributed by atoms with Crippen molar-refractivity contribution in [2.24, 2.45) is 0 Å². The molecule has 2 rings (SSSR count). The fourth-order valence-corrected chi connectivity index (χ4v) is 2.07. The molecule has 0 fully saturated rings. The second kappa shape index (κ2) is 4.34. The molecule has 2 aromatic rings. The third kappa shape index (κ3) is 2.30. The number of nitrogens with zero attached hydrogens (tertiary/aromatic N) is 2. The molecule has 0 spiro atoms. The Morgan fingerprint density at radius 2 is 2.00 bits per heavy atom. The smallest absolute Gasteiger partial charge is 0.232 e. The molecule has 0 unspecified atom stereocenters. The Morgan fingerprint density at radius 1 is 1.33 bits per heavy atom. The molecule has 18 heavy (non-hydrogen) atoms. The number of para-hydroxylation sites is 1. The number of benzene rings is 1. The van der Waals surface area contributed by atoms with Gasteiger partial charge in [0, 0.05) is 18.7 Å². The minimum absolute atomic E-state index is 0.252. The number of aromatic nitrogens is 1. The molecular weight excluding hydrogens is 254 g/mol. The lowest BCUT2D eigenvalue weighted by Crippen LogP contribution is -2.25. The first-order valence-electron chi connectivity index (χ1n) is 5.15. The number of anilines is 2. The van der Waals surface area contributed by atoms with Gasteiger partial charge in [0.25, 0.3) is 0 Å². The highest BCUT2D eigenvalue weighted by Crippen LogP contribution is 2.31. The van der Waals surface area contributed by atoms with Gasteiger partial charge in [0.1, 0.15) is 0 Å². The summed E-state index contributed by atoms with van der Waals surface area (Å²) in [4.78, 5) is 0. The Kier molecular flexibility index (Phi) is 3.00. The minimum Gasteiger partial charge on any atom is -0.381 e. The molecule has 0 amide bonds. The van der Waals surface area contributed by atoms with Crippen LogP contribution in [0.1, 0.15) is 0 Å². The molecule has 1 aromatic heterocycles. The molecule has 0 aliphatic carbocycles. The standard InChI is InChI=1S/C11H13N3O3S/c1-14(18(2,15)16)9-6-4-3-5-8(9)10-7-11(12)13-17-10/h3-7H,1-2H3,(H2,12,13). The molecule has 0 bridgehead atoms. The molecule has 0 atom stereocenters. The highest BCUT2D eigenvalue weighted by molar-refractivity contribution is 7.92. The molecule has 0 saturated heterocycles. The number of sulfonamides is 1. The van der Waals surface area contributed by atoms with E-state index in [-0.39, 0.29) is 5.82 Å². The van der Waals surface area contributed by atoms with Crippen LogP contribution in [0.25, 0.3) is 11.3 Å². The van der Waals surface area contributed by atoms with Gasteiger partial charge in [-0.1, -0.05) is 17.3 Å². The van der Waals surface area contributed by atoms with E-state index in [4.69, 9.17) is 10.3 Å². The van der Waals surface area contributed by atoms with Gasteiger partial charge in [0.05, 0.1) is 11.9 Å². The second-order valence-electron chi connectivity index (χ2n) is 3.86. The summed E-state index contributed by atoms with van der Waals surface area (Å²) in [6, 6.07) is 8.52. The quantitative estimate of drug-likeness (QED) is 0.905. The van der Waals surface area contributed by atoms with Crippen LogP contribution < -0.4 is 10.0 Å². The van der Waals surface area contributed by atoms with Gasteiger partial charge in [0.2, 0.25) is 10.0 Å². The molecule has 0 aliphatic heterocycles. The van der Waals surface area contributed by atoms with Crippen molar-refractivity contribution in [2.75, 3.05) is 23.3 Å². The van der Waals surface area contributed by atoms with Crippen LogP contribution in [0.15, 0.2) is 34.9 Å². The number of nitrogen functional groups attached to an aromatic ring is 1. The van der Waals surface area contributed by atoms with Crippen LogP contribution in [-0.2, 0) is 10.0 Å². The Balaban J connectivity index is 2.57. The summed E-state index contributed by atoms with van der Waals surface area (Å²) >= 11 is 0. The van der Waals surface area contributed by atoms with Gasteiger partial charge in [-0.2, -0.15) is 0 Å². The summed E-state index contributed by atoms with van der Waals surface area (Å²) in [7, 11) is -1.86. The van der Waals surface area contributed by atoms with E-state index in [1.807, 2.05) is 0 Å². The Morgan fingerprint density at radius 3 is 2.56 bits per heavy atom. The van der Waals surface area contributed by atoms with Crippen LogP contribution in [0.4, 0.5) is 11.5 Å². The average molecular weight is 267 g/mol. The zero-order valence-electron chi connectivity index (χ0n) is 9.99. The van der Waals surface area contributed by atoms with Crippen LogP contribution in [0, 0.1) is 0 Å². The van der Waals surface area contributed by atoms with Gasteiger partial charge < -0.3 is 10.3 Å². The fraction of sp³-hybridized carbons (Fsp3) is 0.182. The molecule has 1 aromatic carbocycles. The molecule has 0 radical (unpaired) electrons. The molecule has 1 heterocycles. The molecule has 0 aliphatic rings. The maximum absolute atomic E-state index is 11.6. The van der Waals surface area contributed by atoms with E-state index in [2.05, 4.69) is 5.16 Å². The van der Waals surface area contributed by atoms with Crippen molar-refractivity contribution in [1.29, 1.82) is 0 Å². The summed E-state index contributed by atoms with van der Waals surface area (Å²) in [5.41, 5.74) is 6.62. The van der Waals surface area contributed by atoms with Crippen molar-refractivity contribution >= 4 is 21.5 Å². The van der Waals surface area contributed by atoms with E-state index >= 15 is 0 Å². The highest BCUT2D eigenvalue weighted by atomic mass is 32.2. The van der Waals surface area contributed by atoms with Crippen molar-refractivity contribution in [2.45, 2.75) is 0 Å². The first-order valence-corrected chi connectivity index (χ1v) is 7.00. The summed E-state index contributed by atoms with van der Waals surface area (Å²) in [5, 5.41) is 3.59. The number of rotatable bonds is 3. The van der Waals surface area contributed by atoms with Gasteiger partial charge in [-0.05, 0) is 12.1 Å². The van der Waals surface area contributed by atoms with Crippen LogP contribution in [0.2, 0.25) is 0 Å². The van der Waals surface area contributed by atoms with Crippen LogP contribution in [0.3, 0.4) is 0 Å². The predicted octanol–water partition coefficient (Wildman–Crippen LogP) is 1.32. The van der Waals surface area contributed by atoms with Gasteiger partial charge in [-0.15, -0.1) is 0 Å². The number of hydrogen-bond donors (Lipinski definition) is 1. The molecule has 7 heteroatoms. The minimum atomic E-state index is -3.34. The Labute approximate surface area is 105 Å². The number of nitrogens with two attached hydrogens (primary N) is 1. The van der Waals surface area contributed by atoms with E-state index in [0.29, 0.717) is 17.0 Å². The SMILES string of the molecule is CN(c1ccccc1-c1cc(N)no1)S(C)(=O)=O. The van der Waals surface area contributed by atoms with E-state index in [9.17, 15) is 8.42 Å². The normalized spacial score (nSPS) is 11.4. The molecule has 6 nitrogen and oxygen atoms in total. The second-order valence-corrected chi connectivity index (χ2v) is 5.88. The lowest BCUT2D eigenvalue weighted by atomic mass is 10.1. The van der Waals surface area contributed by atoms with Gasteiger partial charge in [-0.25, -0.2) is 8.42 Å². The maximum atomic E-state index is 11.6. The highest BCUT2D eigenvalue weighted by Gasteiger charge is 2.18. The largest absolute Gasteiger partial charge is 0.381 e. The molecule has 0 saturated carbocycles. The number of hydrogen-bond acceptors (Lipinski definition) is 5. The third-order valence-corrected chi connectivity index (χ3v) is 3.73. The first kappa shape index (κ1) is 12.4. The summed E-state index contributed by atoms with van der Waals surface area (Å²) < 4.78 is 29.4. The van der Waals surface area contributed by atoms with Crippen molar-refractivity contribution < 1.29 is 12.9 Å². The summed E-state index contributed by atoms with van der Waals surface area (Å²) in [5.74, 6) is 0.681. The monoisotopic (exact) mass is 267 g/mol. The van der Waals surface area contributed by atoms with Crippen molar-refractivity contribution in [3.63, 3.8) is 0 Å². The third-order valence-electron chi connectivity index (χ3n) is 2.53. The van der Waals surface area contributed by atoms with E-state index in [1.165, 1.54) is 11.4 Å². The predicted molar refractivity (Wildman–Crippen MR) is 69.6 cm³/mol. The topological polar surface area (TPSA) is 89.4 Å². The van der Waals surface area contributed by atoms with Crippen molar-refractivity contribution in [3.8, 4) is 11.3 Å². The van der Waals surface area contributed by atoms with Crippen LogP contribution in [0.5, 0.6) is 0 Å². The van der Waals surface area contributed by atoms with Crippen LogP contribution >= 0.6 is 0 Å². The fourth-order valence-electron chi connectivity index (χ4n) is 1.55. The van der Waals surface area contributed by atoms with Crippen molar-refractivity contribution in [3.05, 3.63) is 30.3 Å². The van der Waals surface area contributed by atoms with Gasteiger partial charge in [0.15, 0.2) is 11.6 Å². The van der Waals surface area contributed by atoms with E-state index in [0.717, 1.165) is 6.26 Å². The zero-order valence-corrected chi connectivity index (χ0v) is 10.8. The Bertz CT molecular complexity index is 664. The van der Waals surface area contributed by atoms with E-state index in [1.54, 1.807) is 30.3 Å². The molecule has 2 N–H and O–H groups in total.